The van der Waals surface area contributed by atoms with E-state index in [0.29, 0.717) is 5.69 Å². The van der Waals surface area contributed by atoms with Gasteiger partial charge in [-0.15, -0.1) is 0 Å². The van der Waals surface area contributed by atoms with Crippen LogP contribution in [-0.2, 0) is 9.59 Å². The number of carbonyl (C=O) groups is 3. The predicted octanol–water partition coefficient (Wildman–Crippen LogP) is 5.30. The zero-order valence-corrected chi connectivity index (χ0v) is 20.9. The number of benzene rings is 2. The second kappa shape index (κ2) is 8.28. The number of anilines is 2. The van der Waals surface area contributed by atoms with Crippen LogP contribution in [0.4, 0.5) is 16.2 Å². The van der Waals surface area contributed by atoms with E-state index in [1.807, 2.05) is 32.9 Å². The molecule has 34 heavy (non-hydrogen) atoms. The summed E-state index contributed by atoms with van der Waals surface area (Å²) in [6.07, 6.45) is 3.84. The van der Waals surface area contributed by atoms with Crippen molar-refractivity contribution in [1.82, 2.24) is 5.32 Å². The Hall–Kier alpha value is -3.67. The van der Waals surface area contributed by atoms with E-state index in [1.165, 1.54) is 0 Å². The van der Waals surface area contributed by atoms with Crippen molar-refractivity contribution in [3.63, 3.8) is 0 Å². The number of nitrogens with one attached hydrogen (secondary N) is 1. The minimum absolute atomic E-state index is 0.0630. The molecule has 2 aliphatic heterocycles. The average Bonchev–Trinajstić information content (AvgIpc) is 2.70. The van der Waals surface area contributed by atoms with Crippen LogP contribution in [0.1, 0.15) is 55.5 Å². The maximum absolute atomic E-state index is 13.4. The van der Waals surface area contributed by atoms with E-state index >= 15 is 0 Å². The van der Waals surface area contributed by atoms with E-state index in [1.54, 1.807) is 18.2 Å². The van der Waals surface area contributed by atoms with Crippen LogP contribution in [0.2, 0.25) is 0 Å². The highest BCUT2D eigenvalue weighted by atomic mass is 16.2. The molecule has 1 N–H and O–H groups in total. The maximum atomic E-state index is 13.4. The fourth-order valence-electron chi connectivity index (χ4n) is 5.11. The first-order valence-electron chi connectivity index (χ1n) is 11.5. The topological polar surface area (TPSA) is 69.7 Å². The number of nitrogens with zero attached hydrogens (tertiary/aromatic N) is 2. The van der Waals surface area contributed by atoms with Gasteiger partial charge in [-0.05, 0) is 107 Å². The van der Waals surface area contributed by atoms with Gasteiger partial charge in [-0.3, -0.25) is 14.9 Å². The van der Waals surface area contributed by atoms with Crippen LogP contribution >= 0.6 is 0 Å². The number of amides is 4. The van der Waals surface area contributed by atoms with Crippen molar-refractivity contribution < 1.29 is 14.4 Å². The summed E-state index contributed by atoms with van der Waals surface area (Å²) < 4.78 is 0. The monoisotopic (exact) mass is 457 g/mol. The Morgan fingerprint density at radius 2 is 1.59 bits per heavy atom. The van der Waals surface area contributed by atoms with Crippen LogP contribution in [0.25, 0.3) is 11.6 Å². The highest BCUT2D eigenvalue weighted by Crippen LogP contribution is 2.40. The highest BCUT2D eigenvalue weighted by Gasteiger charge is 2.37. The van der Waals surface area contributed by atoms with Crippen molar-refractivity contribution in [3.8, 4) is 0 Å². The van der Waals surface area contributed by atoms with E-state index in [9.17, 15) is 14.4 Å². The summed E-state index contributed by atoms with van der Waals surface area (Å²) >= 11 is 0. The van der Waals surface area contributed by atoms with Crippen LogP contribution in [-0.4, -0.2) is 29.9 Å². The molecule has 0 unspecified atom stereocenters. The zero-order chi connectivity index (χ0) is 24.9. The fourth-order valence-corrected chi connectivity index (χ4v) is 5.11. The molecule has 0 radical (unpaired) electrons. The lowest BCUT2D eigenvalue weighted by molar-refractivity contribution is -0.122. The molecule has 176 valence electrons. The first kappa shape index (κ1) is 23.5. The number of likely N-dealkylation sites (N-methyl/N-ethyl adjacent to an activating group) is 1. The van der Waals surface area contributed by atoms with Crippen molar-refractivity contribution in [2.24, 2.45) is 0 Å². The Kier molecular flexibility index (Phi) is 5.72. The molecule has 0 bridgehead atoms. The molecule has 6 heteroatoms. The minimum Gasteiger partial charge on any atom is -0.363 e. The summed E-state index contributed by atoms with van der Waals surface area (Å²) in [6, 6.07) is 8.89. The van der Waals surface area contributed by atoms with E-state index in [2.05, 4.69) is 50.1 Å². The third kappa shape index (κ3) is 3.94. The normalized spacial score (nSPS) is 18.7. The lowest BCUT2D eigenvalue weighted by atomic mass is 9.86. The van der Waals surface area contributed by atoms with Gasteiger partial charge < -0.3 is 4.90 Å². The number of rotatable bonds is 3. The molecule has 0 saturated carbocycles. The van der Waals surface area contributed by atoms with E-state index in [-0.39, 0.29) is 11.1 Å². The van der Waals surface area contributed by atoms with Crippen LogP contribution < -0.4 is 15.1 Å². The van der Waals surface area contributed by atoms with Gasteiger partial charge in [-0.2, -0.15) is 0 Å². The number of aryl methyl sites for hydroxylation is 3. The van der Waals surface area contributed by atoms with Gasteiger partial charge in [0.2, 0.25) is 0 Å². The minimum atomic E-state index is -0.737. The Morgan fingerprint density at radius 1 is 0.941 bits per heavy atom. The van der Waals surface area contributed by atoms with Crippen molar-refractivity contribution in [1.29, 1.82) is 0 Å². The summed E-state index contributed by atoms with van der Waals surface area (Å²) in [5, 5.41) is 2.32. The molecule has 1 saturated heterocycles. The van der Waals surface area contributed by atoms with Crippen LogP contribution in [0.3, 0.4) is 0 Å². The first-order valence-corrected chi connectivity index (χ1v) is 11.5. The smallest absolute Gasteiger partial charge is 0.335 e. The molecule has 2 aromatic carbocycles. The SMILES string of the molecule is CCN1c2cc(C)c(/C=C3\C(=O)NC(=O)N(c4cc(C)cc(C)c4)C3=O)cc2C(C)=CC1(C)C. The molecule has 4 amide bonds. The van der Waals surface area contributed by atoms with Crippen molar-refractivity contribution in [2.45, 2.75) is 54.0 Å². The molecule has 0 atom stereocenters. The summed E-state index contributed by atoms with van der Waals surface area (Å²) in [5.41, 5.74) is 7.21. The lowest BCUT2D eigenvalue weighted by Crippen LogP contribution is -2.54. The molecular weight excluding hydrogens is 426 g/mol. The molecule has 2 aromatic rings. The van der Waals surface area contributed by atoms with E-state index in [0.717, 1.165) is 50.5 Å². The number of urea groups is 1. The molecule has 2 aliphatic rings. The zero-order valence-electron chi connectivity index (χ0n) is 20.9. The van der Waals surface area contributed by atoms with Gasteiger partial charge in [0.05, 0.1) is 11.2 Å². The van der Waals surface area contributed by atoms with Gasteiger partial charge in [0.15, 0.2) is 0 Å². The van der Waals surface area contributed by atoms with Gasteiger partial charge in [-0.1, -0.05) is 12.1 Å². The Bertz CT molecular complexity index is 1280. The predicted molar refractivity (Wildman–Crippen MR) is 137 cm³/mol. The van der Waals surface area contributed by atoms with Crippen molar-refractivity contribution in [2.75, 3.05) is 16.3 Å². The number of carbonyl (C=O) groups excluding carboxylic acids is 3. The van der Waals surface area contributed by atoms with Crippen LogP contribution in [0, 0.1) is 20.8 Å². The highest BCUT2D eigenvalue weighted by molar-refractivity contribution is 6.39. The second-order valence-electron chi connectivity index (χ2n) is 9.75. The first-order chi connectivity index (χ1) is 15.9. The Labute approximate surface area is 200 Å². The van der Waals surface area contributed by atoms with Gasteiger partial charge in [0, 0.05) is 17.8 Å². The molecular formula is C28H31N3O3. The van der Waals surface area contributed by atoms with Crippen molar-refractivity contribution in [3.05, 3.63) is 69.8 Å². The molecule has 1 fully saturated rings. The number of fused-ring (bicyclic) bond motifs is 1. The summed E-state index contributed by atoms with van der Waals surface area (Å²) in [4.78, 5) is 42.1. The van der Waals surface area contributed by atoms with E-state index in [4.69, 9.17) is 0 Å². The van der Waals surface area contributed by atoms with Crippen LogP contribution in [0.15, 0.2) is 42.0 Å². The number of allylic oxidation sites excluding steroid dienone is 1. The van der Waals surface area contributed by atoms with Gasteiger partial charge in [-0.25, -0.2) is 9.69 Å². The number of hydrogen-bond acceptors (Lipinski definition) is 4. The average molecular weight is 458 g/mol. The quantitative estimate of drug-likeness (QED) is 0.502. The molecule has 0 aromatic heterocycles. The lowest BCUT2D eigenvalue weighted by Gasteiger charge is -2.43. The maximum Gasteiger partial charge on any atom is 0.335 e. The number of hydrogen-bond donors (Lipinski definition) is 1. The third-order valence-electron chi connectivity index (χ3n) is 6.55. The summed E-state index contributed by atoms with van der Waals surface area (Å²) in [6.45, 7) is 15.2. The molecule has 2 heterocycles. The third-order valence-corrected chi connectivity index (χ3v) is 6.55. The van der Waals surface area contributed by atoms with Crippen molar-refractivity contribution >= 4 is 40.9 Å². The molecule has 6 nitrogen and oxygen atoms in total. The summed E-state index contributed by atoms with van der Waals surface area (Å²) in [5.74, 6) is -1.31. The van der Waals surface area contributed by atoms with Gasteiger partial charge in [0.25, 0.3) is 11.8 Å². The molecule has 0 spiro atoms. The second-order valence-corrected chi connectivity index (χ2v) is 9.75. The fraction of sp³-hybridized carbons (Fsp3) is 0.321. The molecule has 4 rings (SSSR count). The van der Waals surface area contributed by atoms with Gasteiger partial charge >= 0.3 is 6.03 Å². The molecule has 0 aliphatic carbocycles. The van der Waals surface area contributed by atoms with Gasteiger partial charge in [0.1, 0.15) is 5.57 Å². The largest absolute Gasteiger partial charge is 0.363 e. The summed E-state index contributed by atoms with van der Waals surface area (Å²) in [7, 11) is 0. The standard InChI is InChI=1S/C28H31N3O3/c1-8-30-24-12-18(4)20(13-22(24)19(5)15-28(30,6)7)14-23-25(32)29-27(34)31(26(23)33)21-10-16(2)9-17(3)11-21/h9-15H,8H2,1-7H3,(H,29,32,34)/b23-14+. The Balaban J connectivity index is 1.81. The van der Waals surface area contributed by atoms with Crippen LogP contribution in [0.5, 0.6) is 0 Å². The number of imide groups is 2. The van der Waals surface area contributed by atoms with E-state index < -0.39 is 17.8 Å². The Morgan fingerprint density at radius 3 is 2.21 bits per heavy atom. The number of barbiturate groups is 1.